The molecule has 0 aromatic heterocycles. The van der Waals surface area contributed by atoms with Gasteiger partial charge in [-0.15, -0.1) is 0 Å². The molecule has 0 spiro atoms. The van der Waals surface area contributed by atoms with E-state index in [2.05, 4.69) is 6.92 Å². The maximum absolute atomic E-state index is 11.9. The number of benzene rings is 1. The Hall–Kier alpha value is -0.870. The summed E-state index contributed by atoms with van der Waals surface area (Å²) >= 11 is 0. The van der Waals surface area contributed by atoms with Crippen molar-refractivity contribution in [3.05, 3.63) is 30.3 Å². The van der Waals surface area contributed by atoms with Crippen molar-refractivity contribution in [2.24, 2.45) is 0 Å². The minimum Gasteiger partial charge on any atom is -0.263 e. The van der Waals surface area contributed by atoms with E-state index in [1.165, 1.54) is 12.8 Å². The monoisotopic (exact) mass is 270 g/mol. The van der Waals surface area contributed by atoms with Crippen LogP contribution in [0.4, 0.5) is 0 Å². The van der Waals surface area contributed by atoms with Gasteiger partial charge in [-0.25, -0.2) is 0 Å². The molecule has 1 rings (SSSR count). The molecule has 0 aliphatic heterocycles. The number of hydrogen-bond donors (Lipinski definition) is 0. The van der Waals surface area contributed by atoms with Crippen molar-refractivity contribution >= 4 is 10.1 Å². The van der Waals surface area contributed by atoms with Crippen LogP contribution in [0.5, 0.6) is 0 Å². The molecule has 0 saturated heterocycles. The molecular weight excluding hydrogens is 248 g/mol. The van der Waals surface area contributed by atoms with Gasteiger partial charge in [0.15, 0.2) is 0 Å². The fourth-order valence-corrected chi connectivity index (χ4v) is 2.90. The SMILES string of the molecule is CCCCCCC(C)OS(=O)(=O)c1ccccc1. The number of unbranched alkanes of at least 4 members (excludes halogenated alkanes) is 3. The van der Waals surface area contributed by atoms with Crippen LogP contribution in [0.3, 0.4) is 0 Å². The third-order valence-corrected chi connectivity index (χ3v) is 4.22. The highest BCUT2D eigenvalue weighted by atomic mass is 32.2. The van der Waals surface area contributed by atoms with Gasteiger partial charge in [0.2, 0.25) is 0 Å². The van der Waals surface area contributed by atoms with Crippen molar-refractivity contribution in [1.29, 1.82) is 0 Å². The molecule has 0 N–H and O–H groups in total. The van der Waals surface area contributed by atoms with Crippen LogP contribution >= 0.6 is 0 Å². The zero-order valence-electron chi connectivity index (χ0n) is 11.1. The van der Waals surface area contributed by atoms with E-state index in [9.17, 15) is 8.42 Å². The summed E-state index contributed by atoms with van der Waals surface area (Å²) in [5, 5.41) is 0. The minimum absolute atomic E-state index is 0.227. The third-order valence-electron chi connectivity index (χ3n) is 2.79. The molecule has 102 valence electrons. The van der Waals surface area contributed by atoms with Crippen LogP contribution in [-0.2, 0) is 14.3 Å². The summed E-state index contributed by atoms with van der Waals surface area (Å²) < 4.78 is 29.0. The zero-order chi connectivity index (χ0) is 13.4. The first-order chi connectivity index (χ1) is 8.56. The van der Waals surface area contributed by atoms with E-state index in [1.807, 2.05) is 6.92 Å². The first-order valence-corrected chi connectivity index (χ1v) is 7.95. The van der Waals surface area contributed by atoms with Gasteiger partial charge in [-0.05, 0) is 25.5 Å². The van der Waals surface area contributed by atoms with E-state index in [0.29, 0.717) is 0 Å². The first-order valence-electron chi connectivity index (χ1n) is 6.54. The second-order valence-corrected chi connectivity index (χ2v) is 6.10. The second-order valence-electron chi connectivity index (χ2n) is 4.52. The lowest BCUT2D eigenvalue weighted by Crippen LogP contribution is -2.15. The lowest BCUT2D eigenvalue weighted by atomic mass is 10.1. The van der Waals surface area contributed by atoms with Gasteiger partial charge in [0.1, 0.15) is 0 Å². The van der Waals surface area contributed by atoms with Crippen LogP contribution in [-0.4, -0.2) is 14.5 Å². The molecule has 0 radical (unpaired) electrons. The van der Waals surface area contributed by atoms with E-state index in [4.69, 9.17) is 4.18 Å². The van der Waals surface area contributed by atoms with Crippen molar-refractivity contribution in [3.8, 4) is 0 Å². The highest BCUT2D eigenvalue weighted by Crippen LogP contribution is 2.16. The molecule has 0 aliphatic rings. The molecule has 0 saturated carbocycles. The fourth-order valence-electron chi connectivity index (χ4n) is 1.77. The molecule has 0 bridgehead atoms. The predicted molar refractivity (Wildman–Crippen MR) is 72.9 cm³/mol. The van der Waals surface area contributed by atoms with Crippen LogP contribution in [0.25, 0.3) is 0 Å². The van der Waals surface area contributed by atoms with E-state index in [-0.39, 0.29) is 11.0 Å². The maximum Gasteiger partial charge on any atom is 0.297 e. The van der Waals surface area contributed by atoms with Crippen molar-refractivity contribution in [2.45, 2.75) is 57.0 Å². The summed E-state index contributed by atoms with van der Waals surface area (Å²) in [6.45, 7) is 3.96. The second kappa shape index (κ2) is 7.54. The van der Waals surface area contributed by atoms with Crippen LogP contribution in [0.15, 0.2) is 35.2 Å². The Morgan fingerprint density at radius 3 is 2.39 bits per heavy atom. The molecule has 1 aromatic rings. The molecule has 1 atom stereocenters. The van der Waals surface area contributed by atoms with Crippen molar-refractivity contribution in [2.75, 3.05) is 0 Å². The molecule has 0 aliphatic carbocycles. The fraction of sp³-hybridized carbons (Fsp3) is 0.571. The van der Waals surface area contributed by atoms with Crippen molar-refractivity contribution in [1.82, 2.24) is 0 Å². The maximum atomic E-state index is 11.9. The van der Waals surface area contributed by atoms with E-state index in [1.54, 1.807) is 30.3 Å². The molecule has 0 heterocycles. The normalized spacial score (nSPS) is 13.4. The zero-order valence-corrected chi connectivity index (χ0v) is 11.9. The molecule has 0 fully saturated rings. The molecule has 1 unspecified atom stereocenters. The molecular formula is C14H22O3S. The molecule has 0 amide bonds. The van der Waals surface area contributed by atoms with Gasteiger partial charge in [-0.2, -0.15) is 8.42 Å². The van der Waals surface area contributed by atoms with Gasteiger partial charge in [-0.1, -0.05) is 50.8 Å². The van der Waals surface area contributed by atoms with Crippen molar-refractivity contribution in [3.63, 3.8) is 0 Å². The van der Waals surface area contributed by atoms with Gasteiger partial charge < -0.3 is 0 Å². The topological polar surface area (TPSA) is 43.4 Å². The molecule has 4 heteroatoms. The predicted octanol–water partition coefficient (Wildman–Crippen LogP) is 3.75. The Morgan fingerprint density at radius 2 is 1.78 bits per heavy atom. The van der Waals surface area contributed by atoms with Crippen LogP contribution in [0.1, 0.15) is 46.0 Å². The van der Waals surface area contributed by atoms with Gasteiger partial charge in [0.05, 0.1) is 11.0 Å². The smallest absolute Gasteiger partial charge is 0.263 e. The molecule has 3 nitrogen and oxygen atoms in total. The number of hydrogen-bond acceptors (Lipinski definition) is 3. The third kappa shape index (κ3) is 5.19. The largest absolute Gasteiger partial charge is 0.297 e. The average molecular weight is 270 g/mol. The standard InChI is InChI=1S/C14H22O3S/c1-3-4-5-7-10-13(2)17-18(15,16)14-11-8-6-9-12-14/h6,8-9,11-13H,3-5,7,10H2,1-2H3. The Morgan fingerprint density at radius 1 is 1.11 bits per heavy atom. The lowest BCUT2D eigenvalue weighted by Gasteiger charge is -2.12. The molecule has 1 aromatic carbocycles. The summed E-state index contributed by atoms with van der Waals surface area (Å²) in [6.07, 6.45) is 5.04. The summed E-state index contributed by atoms with van der Waals surface area (Å²) in [5.41, 5.74) is 0. The van der Waals surface area contributed by atoms with Gasteiger partial charge >= 0.3 is 0 Å². The van der Waals surface area contributed by atoms with Gasteiger partial charge in [0.25, 0.3) is 10.1 Å². The minimum atomic E-state index is -3.60. The van der Waals surface area contributed by atoms with Crippen LogP contribution < -0.4 is 0 Å². The van der Waals surface area contributed by atoms with E-state index >= 15 is 0 Å². The summed E-state index contributed by atoms with van der Waals surface area (Å²) in [5.74, 6) is 0. The quantitative estimate of drug-likeness (QED) is 0.533. The average Bonchev–Trinajstić information content (AvgIpc) is 2.35. The molecule has 18 heavy (non-hydrogen) atoms. The van der Waals surface area contributed by atoms with E-state index < -0.39 is 10.1 Å². The van der Waals surface area contributed by atoms with Gasteiger partial charge in [0, 0.05) is 0 Å². The Kier molecular flexibility index (Phi) is 6.36. The lowest BCUT2D eigenvalue weighted by molar-refractivity contribution is 0.213. The Balaban J connectivity index is 2.46. The van der Waals surface area contributed by atoms with Crippen LogP contribution in [0.2, 0.25) is 0 Å². The highest BCUT2D eigenvalue weighted by molar-refractivity contribution is 7.86. The Bertz CT molecular complexity index is 426. The van der Waals surface area contributed by atoms with Gasteiger partial charge in [-0.3, -0.25) is 4.18 Å². The van der Waals surface area contributed by atoms with Crippen molar-refractivity contribution < 1.29 is 12.6 Å². The summed E-state index contributed by atoms with van der Waals surface area (Å²) in [4.78, 5) is 0.227. The highest BCUT2D eigenvalue weighted by Gasteiger charge is 2.18. The first kappa shape index (κ1) is 15.2. The Labute approximate surface area is 110 Å². The van der Waals surface area contributed by atoms with Crippen LogP contribution in [0, 0.1) is 0 Å². The summed E-state index contributed by atoms with van der Waals surface area (Å²) in [6, 6.07) is 8.29. The number of rotatable bonds is 8. The van der Waals surface area contributed by atoms with E-state index in [0.717, 1.165) is 19.3 Å². The summed E-state index contributed by atoms with van der Waals surface area (Å²) in [7, 11) is -3.60.